The van der Waals surface area contributed by atoms with E-state index in [0.717, 1.165) is 0 Å². The van der Waals surface area contributed by atoms with Crippen molar-refractivity contribution < 1.29 is 4.39 Å². The summed E-state index contributed by atoms with van der Waals surface area (Å²) in [6, 6.07) is 7.95. The Morgan fingerprint density at radius 1 is 1.29 bits per heavy atom. The number of para-hydroxylation sites is 1. The number of hydrogen-bond acceptors (Lipinski definition) is 3. The summed E-state index contributed by atoms with van der Waals surface area (Å²) in [7, 11) is 0. The zero-order valence-electron chi connectivity index (χ0n) is 9.24. The highest BCUT2D eigenvalue weighted by Crippen LogP contribution is 2.20. The number of benzene rings is 1. The molecule has 0 saturated heterocycles. The fourth-order valence-corrected chi connectivity index (χ4v) is 1.59. The highest BCUT2D eigenvalue weighted by molar-refractivity contribution is 6.29. The molecule has 1 heterocycles. The van der Waals surface area contributed by atoms with Crippen LogP contribution in [0.2, 0.25) is 5.15 Å². The molecule has 1 aromatic heterocycles. The van der Waals surface area contributed by atoms with Gasteiger partial charge in [0, 0.05) is 12.5 Å². The lowest BCUT2D eigenvalue weighted by Gasteiger charge is -2.07. The number of rotatable bonds is 3. The van der Waals surface area contributed by atoms with Crippen LogP contribution in [0, 0.1) is 5.82 Å². The lowest BCUT2D eigenvalue weighted by molar-refractivity contribution is 0.632. The predicted molar refractivity (Wildman–Crippen MR) is 66.1 cm³/mol. The first-order valence-corrected chi connectivity index (χ1v) is 5.62. The van der Waals surface area contributed by atoms with Crippen LogP contribution in [0.1, 0.15) is 12.7 Å². The van der Waals surface area contributed by atoms with Gasteiger partial charge in [0.25, 0.3) is 0 Å². The van der Waals surface area contributed by atoms with Crippen LogP contribution < -0.4 is 5.32 Å². The number of nitrogens with one attached hydrogen (secondary N) is 1. The highest BCUT2D eigenvalue weighted by atomic mass is 35.5. The second-order valence-corrected chi connectivity index (χ2v) is 3.84. The molecule has 0 radical (unpaired) electrons. The largest absolute Gasteiger partial charge is 0.338 e. The van der Waals surface area contributed by atoms with Gasteiger partial charge in [-0.3, -0.25) is 0 Å². The molecular formula is C12H11ClFN3. The molecule has 0 aliphatic rings. The van der Waals surface area contributed by atoms with Crippen molar-refractivity contribution in [3.8, 4) is 0 Å². The van der Waals surface area contributed by atoms with Gasteiger partial charge in [-0.15, -0.1) is 0 Å². The molecular weight excluding hydrogens is 241 g/mol. The highest BCUT2D eigenvalue weighted by Gasteiger charge is 2.05. The van der Waals surface area contributed by atoms with Crippen LogP contribution in [0.4, 0.5) is 15.9 Å². The van der Waals surface area contributed by atoms with Crippen molar-refractivity contribution in [3.63, 3.8) is 0 Å². The molecule has 88 valence electrons. The quantitative estimate of drug-likeness (QED) is 0.848. The lowest BCUT2D eigenvalue weighted by atomic mass is 10.3. The average molecular weight is 252 g/mol. The molecule has 0 atom stereocenters. The van der Waals surface area contributed by atoms with Crippen molar-refractivity contribution in [2.24, 2.45) is 0 Å². The third kappa shape index (κ3) is 2.91. The molecule has 0 aliphatic carbocycles. The molecule has 2 aromatic rings. The summed E-state index contributed by atoms with van der Waals surface area (Å²) in [5.41, 5.74) is 0.365. The number of nitrogens with zero attached hydrogens (tertiary/aromatic N) is 2. The molecule has 1 aromatic carbocycles. The minimum absolute atomic E-state index is 0.333. The van der Waals surface area contributed by atoms with Crippen LogP contribution >= 0.6 is 11.6 Å². The zero-order chi connectivity index (χ0) is 12.3. The van der Waals surface area contributed by atoms with Gasteiger partial charge in [-0.25, -0.2) is 14.4 Å². The zero-order valence-corrected chi connectivity index (χ0v) is 10.0. The average Bonchev–Trinajstić information content (AvgIpc) is 2.31. The van der Waals surface area contributed by atoms with Crippen LogP contribution in [0.15, 0.2) is 30.3 Å². The summed E-state index contributed by atoms with van der Waals surface area (Å²) in [6.45, 7) is 1.93. The number of hydrogen-bond donors (Lipinski definition) is 1. The van der Waals surface area contributed by atoms with Crippen LogP contribution in [-0.2, 0) is 6.42 Å². The van der Waals surface area contributed by atoms with Gasteiger partial charge in [-0.1, -0.05) is 30.7 Å². The number of halogens is 2. The van der Waals surface area contributed by atoms with E-state index >= 15 is 0 Å². The molecule has 0 saturated carbocycles. The van der Waals surface area contributed by atoms with Gasteiger partial charge in [0.05, 0.1) is 5.69 Å². The Bertz CT molecular complexity index is 531. The molecule has 0 unspecified atom stereocenters. The van der Waals surface area contributed by atoms with E-state index in [4.69, 9.17) is 11.6 Å². The fourth-order valence-electron chi connectivity index (χ4n) is 1.39. The summed E-state index contributed by atoms with van der Waals surface area (Å²) in [6.07, 6.45) is 0.673. The smallest absolute Gasteiger partial charge is 0.146 e. The van der Waals surface area contributed by atoms with Crippen molar-refractivity contribution in [3.05, 3.63) is 47.1 Å². The lowest BCUT2D eigenvalue weighted by Crippen LogP contribution is -2.00. The van der Waals surface area contributed by atoms with E-state index < -0.39 is 0 Å². The molecule has 0 aliphatic heterocycles. The summed E-state index contributed by atoms with van der Waals surface area (Å²) in [4.78, 5) is 8.25. The Morgan fingerprint density at radius 2 is 2.06 bits per heavy atom. The maximum atomic E-state index is 13.4. The van der Waals surface area contributed by atoms with Gasteiger partial charge in [-0.05, 0) is 12.1 Å². The molecule has 3 nitrogen and oxygen atoms in total. The van der Waals surface area contributed by atoms with Gasteiger partial charge in [0.1, 0.15) is 22.6 Å². The molecule has 2 rings (SSSR count). The summed E-state index contributed by atoms with van der Waals surface area (Å²) in [5.74, 6) is 0.781. The maximum absolute atomic E-state index is 13.4. The van der Waals surface area contributed by atoms with E-state index in [1.54, 1.807) is 24.3 Å². The van der Waals surface area contributed by atoms with Crippen LogP contribution in [0.25, 0.3) is 0 Å². The molecule has 0 spiro atoms. The van der Waals surface area contributed by atoms with Gasteiger partial charge in [0.2, 0.25) is 0 Å². The van der Waals surface area contributed by atoms with Gasteiger partial charge in [0.15, 0.2) is 0 Å². The van der Waals surface area contributed by atoms with E-state index in [-0.39, 0.29) is 5.82 Å². The van der Waals surface area contributed by atoms with Crippen molar-refractivity contribution in [1.82, 2.24) is 9.97 Å². The maximum Gasteiger partial charge on any atom is 0.146 e. The third-order valence-electron chi connectivity index (χ3n) is 2.19. The first-order chi connectivity index (χ1) is 8.19. The molecule has 0 fully saturated rings. The van der Waals surface area contributed by atoms with E-state index in [2.05, 4.69) is 15.3 Å². The van der Waals surface area contributed by atoms with Crippen molar-refractivity contribution in [1.29, 1.82) is 0 Å². The first kappa shape index (κ1) is 11.8. The fraction of sp³-hybridized carbons (Fsp3) is 0.167. The summed E-state index contributed by atoms with van der Waals surface area (Å²) >= 11 is 5.85. The normalized spacial score (nSPS) is 10.3. The summed E-state index contributed by atoms with van der Waals surface area (Å²) in [5, 5.41) is 3.22. The van der Waals surface area contributed by atoms with Crippen molar-refractivity contribution >= 4 is 23.1 Å². The Hall–Kier alpha value is -1.68. The van der Waals surface area contributed by atoms with Crippen molar-refractivity contribution in [2.45, 2.75) is 13.3 Å². The standard InChI is InChI=1S/C12H11ClFN3/c1-2-11-16-10(13)7-12(17-11)15-9-6-4-3-5-8(9)14/h3-7H,2H2,1H3,(H,15,16,17). The molecule has 0 amide bonds. The summed E-state index contributed by atoms with van der Waals surface area (Å²) < 4.78 is 13.4. The first-order valence-electron chi connectivity index (χ1n) is 5.24. The van der Waals surface area contributed by atoms with E-state index in [1.165, 1.54) is 6.07 Å². The topological polar surface area (TPSA) is 37.8 Å². The van der Waals surface area contributed by atoms with Crippen LogP contribution in [0.3, 0.4) is 0 Å². The van der Waals surface area contributed by atoms with Gasteiger partial charge < -0.3 is 5.32 Å². The predicted octanol–water partition coefficient (Wildman–Crippen LogP) is 3.58. The molecule has 1 N–H and O–H groups in total. The number of anilines is 2. The Kier molecular flexibility index (Phi) is 3.54. The third-order valence-corrected chi connectivity index (χ3v) is 2.39. The van der Waals surface area contributed by atoms with Crippen molar-refractivity contribution in [2.75, 3.05) is 5.32 Å². The second-order valence-electron chi connectivity index (χ2n) is 3.45. The van der Waals surface area contributed by atoms with E-state index in [0.29, 0.717) is 28.9 Å². The van der Waals surface area contributed by atoms with Gasteiger partial charge in [-0.2, -0.15) is 0 Å². The number of aromatic nitrogens is 2. The SMILES string of the molecule is CCc1nc(Cl)cc(Nc2ccccc2F)n1. The molecule has 5 heteroatoms. The minimum atomic E-state index is -0.333. The monoisotopic (exact) mass is 251 g/mol. The number of aryl methyl sites for hydroxylation is 1. The van der Waals surface area contributed by atoms with Crippen LogP contribution in [-0.4, -0.2) is 9.97 Å². The minimum Gasteiger partial charge on any atom is -0.338 e. The Labute approximate surface area is 104 Å². The Morgan fingerprint density at radius 3 is 2.76 bits per heavy atom. The molecule has 0 bridgehead atoms. The van der Waals surface area contributed by atoms with E-state index in [1.807, 2.05) is 6.92 Å². The second kappa shape index (κ2) is 5.10. The van der Waals surface area contributed by atoms with Crippen LogP contribution in [0.5, 0.6) is 0 Å². The van der Waals surface area contributed by atoms with Gasteiger partial charge >= 0.3 is 0 Å². The Balaban J connectivity index is 2.30. The van der Waals surface area contributed by atoms with E-state index in [9.17, 15) is 4.39 Å². The molecule has 17 heavy (non-hydrogen) atoms.